The molecule has 0 bridgehead atoms. The van der Waals surface area contributed by atoms with Gasteiger partial charge in [-0.1, -0.05) is 6.07 Å². The van der Waals surface area contributed by atoms with Crippen LogP contribution >= 0.6 is 0 Å². The Kier molecular flexibility index (Phi) is 3.75. The van der Waals surface area contributed by atoms with E-state index in [1.165, 1.54) is 0 Å². The number of benzene rings is 1. The topological polar surface area (TPSA) is 38.4 Å². The maximum atomic E-state index is 14.8. The number of likely N-dealkylation sites (tertiary alicyclic amines) is 1. The number of aryl methyl sites for hydroxylation is 1. The first kappa shape index (κ1) is 16.4. The predicted molar refractivity (Wildman–Crippen MR) is 104 cm³/mol. The van der Waals surface area contributed by atoms with E-state index in [0.29, 0.717) is 11.6 Å². The summed E-state index contributed by atoms with van der Waals surface area (Å²) < 4.78 is 18.4. The molecule has 27 heavy (non-hydrogen) atoms. The molecule has 3 aromatic heterocycles. The highest BCUT2D eigenvalue weighted by molar-refractivity contribution is 5.84. The normalized spacial score (nSPS) is 16.6. The number of halogens is 1. The zero-order chi connectivity index (χ0) is 18.5. The van der Waals surface area contributed by atoms with Crippen molar-refractivity contribution in [3.63, 3.8) is 0 Å². The highest BCUT2D eigenvalue weighted by atomic mass is 19.1. The third kappa shape index (κ3) is 2.90. The second-order valence-electron chi connectivity index (χ2n) is 7.63. The Balaban J connectivity index is 1.55. The van der Waals surface area contributed by atoms with Crippen molar-refractivity contribution >= 4 is 16.6 Å². The Morgan fingerprint density at radius 3 is 2.63 bits per heavy atom. The summed E-state index contributed by atoms with van der Waals surface area (Å²) in [5, 5.41) is 5.45. The van der Waals surface area contributed by atoms with E-state index in [1.807, 2.05) is 42.2 Å². The van der Waals surface area contributed by atoms with Crippen molar-refractivity contribution in [3.05, 3.63) is 54.4 Å². The second-order valence-corrected chi connectivity index (χ2v) is 7.63. The van der Waals surface area contributed by atoms with Crippen LogP contribution < -0.4 is 0 Å². The van der Waals surface area contributed by atoms with E-state index >= 15 is 0 Å². The molecule has 1 saturated heterocycles. The van der Waals surface area contributed by atoms with E-state index in [9.17, 15) is 4.39 Å². The lowest BCUT2D eigenvalue weighted by Crippen LogP contribution is -2.29. The molecule has 0 amide bonds. The molecule has 1 aromatic carbocycles. The van der Waals surface area contributed by atoms with E-state index in [0.717, 1.165) is 53.7 Å². The molecule has 4 aromatic rings. The van der Waals surface area contributed by atoms with Crippen molar-refractivity contribution in [3.8, 4) is 11.1 Å². The largest absolute Gasteiger partial charge is 0.306 e. The number of nitrogens with zero attached hydrogens (tertiary/aromatic N) is 5. The number of piperidine rings is 1. The zero-order valence-electron chi connectivity index (χ0n) is 15.6. The van der Waals surface area contributed by atoms with Gasteiger partial charge in [0, 0.05) is 42.5 Å². The van der Waals surface area contributed by atoms with Crippen molar-refractivity contribution in [2.24, 2.45) is 7.05 Å². The Labute approximate surface area is 157 Å². The molecule has 138 valence electrons. The van der Waals surface area contributed by atoms with E-state index in [2.05, 4.69) is 28.1 Å². The van der Waals surface area contributed by atoms with Crippen LogP contribution in [0.15, 0.2) is 42.9 Å². The molecular weight excluding hydrogens is 341 g/mol. The van der Waals surface area contributed by atoms with Gasteiger partial charge in [-0.05, 0) is 56.7 Å². The lowest BCUT2D eigenvalue weighted by Gasteiger charge is -2.27. The SMILES string of the molecule is CN1CCC(c2cn3cc(-c4ccc5nn(C)cc5c4)cc(F)c3n2)CC1. The first-order chi connectivity index (χ1) is 13.1. The van der Waals surface area contributed by atoms with Crippen LogP contribution in [-0.2, 0) is 7.05 Å². The lowest BCUT2D eigenvalue weighted by atomic mass is 9.94. The highest BCUT2D eigenvalue weighted by Gasteiger charge is 2.21. The Morgan fingerprint density at radius 2 is 1.81 bits per heavy atom. The summed E-state index contributed by atoms with van der Waals surface area (Å²) in [6.07, 6.45) is 8.10. The van der Waals surface area contributed by atoms with E-state index in [4.69, 9.17) is 0 Å². The summed E-state index contributed by atoms with van der Waals surface area (Å²) in [5.41, 5.74) is 4.18. The monoisotopic (exact) mass is 363 g/mol. The fraction of sp³-hybridized carbons (Fsp3) is 0.333. The standard InChI is InChI=1S/C21H22FN5/c1-25-7-5-14(6-8-25)20-13-27-12-16(10-18(22)21(27)23-20)15-3-4-19-17(9-15)11-26(2)24-19/h3-4,9-14H,5-8H2,1-2H3. The summed E-state index contributed by atoms with van der Waals surface area (Å²) in [6.45, 7) is 2.13. The van der Waals surface area contributed by atoms with Gasteiger partial charge in [-0.2, -0.15) is 5.10 Å². The molecule has 0 spiro atoms. The summed E-state index contributed by atoms with van der Waals surface area (Å²) >= 11 is 0. The number of pyridine rings is 1. The molecule has 0 atom stereocenters. The summed E-state index contributed by atoms with van der Waals surface area (Å²) in [7, 11) is 4.05. The van der Waals surface area contributed by atoms with E-state index < -0.39 is 0 Å². The van der Waals surface area contributed by atoms with Crippen molar-refractivity contribution in [2.45, 2.75) is 18.8 Å². The van der Waals surface area contributed by atoms with Crippen LogP contribution in [0.3, 0.4) is 0 Å². The van der Waals surface area contributed by atoms with Crippen molar-refractivity contribution in [2.75, 3.05) is 20.1 Å². The number of fused-ring (bicyclic) bond motifs is 2. The molecule has 1 fully saturated rings. The molecular formula is C21H22FN5. The minimum atomic E-state index is -0.280. The maximum absolute atomic E-state index is 14.8. The fourth-order valence-electron chi connectivity index (χ4n) is 4.06. The molecule has 5 rings (SSSR count). The molecule has 6 heteroatoms. The second kappa shape index (κ2) is 6.16. The minimum absolute atomic E-state index is 0.280. The fourth-order valence-corrected chi connectivity index (χ4v) is 4.06. The van der Waals surface area contributed by atoms with Crippen molar-refractivity contribution in [1.82, 2.24) is 24.1 Å². The van der Waals surface area contributed by atoms with Gasteiger partial charge >= 0.3 is 0 Å². The van der Waals surface area contributed by atoms with Crippen LogP contribution in [0, 0.1) is 5.82 Å². The molecule has 0 N–H and O–H groups in total. The van der Waals surface area contributed by atoms with E-state index in [1.54, 1.807) is 10.7 Å². The van der Waals surface area contributed by atoms with Gasteiger partial charge in [0.25, 0.3) is 0 Å². The smallest absolute Gasteiger partial charge is 0.173 e. The van der Waals surface area contributed by atoms with Crippen LogP contribution in [0.5, 0.6) is 0 Å². The van der Waals surface area contributed by atoms with Crippen molar-refractivity contribution < 1.29 is 4.39 Å². The first-order valence-corrected chi connectivity index (χ1v) is 9.37. The number of hydrogen-bond acceptors (Lipinski definition) is 3. The molecule has 0 unspecified atom stereocenters. The van der Waals surface area contributed by atoms with E-state index in [-0.39, 0.29) is 5.82 Å². The number of hydrogen-bond donors (Lipinski definition) is 0. The summed E-state index contributed by atoms with van der Waals surface area (Å²) in [4.78, 5) is 6.94. The van der Waals surface area contributed by atoms with Crippen LogP contribution in [0.4, 0.5) is 4.39 Å². The van der Waals surface area contributed by atoms with Crippen molar-refractivity contribution in [1.29, 1.82) is 0 Å². The Hall–Kier alpha value is -2.73. The average molecular weight is 363 g/mol. The summed E-state index contributed by atoms with van der Waals surface area (Å²) in [6, 6.07) is 7.60. The van der Waals surface area contributed by atoms with Gasteiger partial charge in [0.05, 0.1) is 11.2 Å². The van der Waals surface area contributed by atoms with Crippen LogP contribution in [-0.4, -0.2) is 44.2 Å². The summed E-state index contributed by atoms with van der Waals surface area (Å²) in [5.74, 6) is 0.133. The van der Waals surface area contributed by atoms with Crippen LogP contribution in [0.2, 0.25) is 0 Å². The predicted octanol–water partition coefficient (Wildman–Crippen LogP) is 3.84. The van der Waals surface area contributed by atoms with Gasteiger partial charge < -0.3 is 9.30 Å². The van der Waals surface area contributed by atoms with Crippen LogP contribution in [0.25, 0.3) is 27.7 Å². The number of imidazole rings is 1. The highest BCUT2D eigenvalue weighted by Crippen LogP contribution is 2.30. The van der Waals surface area contributed by atoms with Gasteiger partial charge in [-0.3, -0.25) is 4.68 Å². The molecule has 0 aliphatic carbocycles. The third-order valence-electron chi connectivity index (χ3n) is 5.61. The quantitative estimate of drug-likeness (QED) is 0.543. The van der Waals surface area contributed by atoms with Gasteiger partial charge in [0.15, 0.2) is 11.5 Å². The van der Waals surface area contributed by atoms with Gasteiger partial charge in [-0.25, -0.2) is 9.37 Å². The molecule has 0 radical (unpaired) electrons. The minimum Gasteiger partial charge on any atom is -0.306 e. The van der Waals surface area contributed by atoms with Gasteiger partial charge in [-0.15, -0.1) is 0 Å². The Morgan fingerprint density at radius 1 is 1.00 bits per heavy atom. The van der Waals surface area contributed by atoms with Gasteiger partial charge in [0.2, 0.25) is 0 Å². The van der Waals surface area contributed by atoms with Crippen LogP contribution in [0.1, 0.15) is 24.5 Å². The molecule has 1 aliphatic rings. The first-order valence-electron chi connectivity index (χ1n) is 9.37. The molecule has 0 saturated carbocycles. The average Bonchev–Trinajstić information content (AvgIpc) is 3.24. The number of rotatable bonds is 2. The van der Waals surface area contributed by atoms with Gasteiger partial charge in [0.1, 0.15) is 0 Å². The third-order valence-corrected chi connectivity index (χ3v) is 5.61. The molecule has 4 heterocycles. The maximum Gasteiger partial charge on any atom is 0.173 e. The lowest BCUT2D eigenvalue weighted by molar-refractivity contribution is 0.253. The number of aromatic nitrogens is 4. The Bertz CT molecular complexity index is 1130. The zero-order valence-corrected chi connectivity index (χ0v) is 15.6. The molecule has 1 aliphatic heterocycles. The molecule has 5 nitrogen and oxygen atoms in total.